The van der Waals surface area contributed by atoms with Crippen molar-refractivity contribution in [2.24, 2.45) is 11.8 Å². The van der Waals surface area contributed by atoms with Gasteiger partial charge in [-0.2, -0.15) is 0 Å². The van der Waals surface area contributed by atoms with Crippen molar-refractivity contribution in [3.8, 4) is 11.5 Å². The van der Waals surface area contributed by atoms with Gasteiger partial charge < -0.3 is 19.7 Å². The molecule has 0 aromatic heterocycles. The number of esters is 1. The van der Waals surface area contributed by atoms with Crippen LogP contribution in [0.1, 0.15) is 42.6 Å². The standard InChI is InChI=1S/C33H36FN3O5/c1-22(2)30(21-41-33(40)24-14-16-36(17-15-24)19-23-6-4-3-5-7-23)37-20-31(38)35-29-13-12-27(18-28(29)32(37)39)42-26-10-8-25(34)9-11-26/h3-13,18,22,24,30H,14-17,19-21H2,1-2H3,(H,35,38)/t30-/m0/s1. The summed E-state index contributed by atoms with van der Waals surface area (Å²) in [6.45, 7) is 6.19. The van der Waals surface area contributed by atoms with Crippen LogP contribution in [0.2, 0.25) is 0 Å². The van der Waals surface area contributed by atoms with E-state index in [9.17, 15) is 18.8 Å². The molecule has 0 spiro atoms. The number of nitrogens with one attached hydrogen (secondary N) is 1. The summed E-state index contributed by atoms with van der Waals surface area (Å²) in [6.07, 6.45) is 1.43. The molecule has 0 saturated carbocycles. The largest absolute Gasteiger partial charge is 0.463 e. The van der Waals surface area contributed by atoms with Gasteiger partial charge in [0.2, 0.25) is 5.91 Å². The molecule has 1 saturated heterocycles. The number of piperidine rings is 1. The number of likely N-dealkylation sites (tertiary alicyclic amines) is 1. The summed E-state index contributed by atoms with van der Waals surface area (Å²) >= 11 is 0. The normalized spacial score (nSPS) is 16.9. The monoisotopic (exact) mass is 573 g/mol. The Kier molecular flexibility index (Phi) is 9.17. The first kappa shape index (κ1) is 29.3. The smallest absolute Gasteiger partial charge is 0.309 e. The van der Waals surface area contributed by atoms with Crippen LogP contribution in [0.25, 0.3) is 0 Å². The number of halogens is 1. The average Bonchev–Trinajstić information content (AvgIpc) is 3.10. The summed E-state index contributed by atoms with van der Waals surface area (Å²) in [5, 5.41) is 2.79. The molecule has 220 valence electrons. The predicted octanol–water partition coefficient (Wildman–Crippen LogP) is 5.49. The first-order valence-corrected chi connectivity index (χ1v) is 14.4. The minimum atomic E-state index is -0.502. The SMILES string of the molecule is CC(C)[C@H](COC(=O)C1CCN(Cc2ccccc2)CC1)N1CC(=O)Nc2ccc(Oc3ccc(F)cc3)cc2C1=O. The highest BCUT2D eigenvalue weighted by Crippen LogP contribution is 2.31. The van der Waals surface area contributed by atoms with Crippen LogP contribution < -0.4 is 10.1 Å². The molecule has 8 nitrogen and oxygen atoms in total. The molecule has 3 aromatic carbocycles. The Morgan fingerprint density at radius 2 is 1.67 bits per heavy atom. The lowest BCUT2D eigenvalue weighted by atomic mass is 9.96. The Bertz CT molecular complexity index is 1400. The number of carbonyl (C=O) groups is 3. The van der Waals surface area contributed by atoms with Gasteiger partial charge >= 0.3 is 5.97 Å². The molecule has 0 aliphatic carbocycles. The van der Waals surface area contributed by atoms with Crippen molar-refractivity contribution in [3.05, 3.63) is 89.7 Å². The molecule has 2 aliphatic heterocycles. The summed E-state index contributed by atoms with van der Waals surface area (Å²) < 4.78 is 24.9. The van der Waals surface area contributed by atoms with Crippen molar-refractivity contribution in [3.63, 3.8) is 0 Å². The van der Waals surface area contributed by atoms with E-state index in [4.69, 9.17) is 9.47 Å². The fourth-order valence-corrected chi connectivity index (χ4v) is 5.45. The topological polar surface area (TPSA) is 88.2 Å². The third-order valence-corrected chi connectivity index (χ3v) is 7.86. The van der Waals surface area contributed by atoms with E-state index >= 15 is 0 Å². The van der Waals surface area contributed by atoms with Gasteiger partial charge in [0.1, 0.15) is 30.5 Å². The highest BCUT2D eigenvalue weighted by atomic mass is 19.1. The number of ether oxygens (including phenoxy) is 2. The Balaban J connectivity index is 1.23. The van der Waals surface area contributed by atoms with E-state index in [1.54, 1.807) is 18.2 Å². The van der Waals surface area contributed by atoms with Crippen molar-refractivity contribution >= 4 is 23.5 Å². The molecule has 2 amide bonds. The third-order valence-electron chi connectivity index (χ3n) is 7.86. The van der Waals surface area contributed by atoms with Crippen LogP contribution in [-0.2, 0) is 20.9 Å². The zero-order valence-electron chi connectivity index (χ0n) is 23.9. The van der Waals surface area contributed by atoms with Gasteiger partial charge in [0.15, 0.2) is 0 Å². The van der Waals surface area contributed by atoms with Gasteiger partial charge in [-0.05, 0) is 79.9 Å². The molecular formula is C33H36FN3O5. The lowest BCUT2D eigenvalue weighted by Crippen LogP contribution is -2.48. The Morgan fingerprint density at radius 3 is 2.36 bits per heavy atom. The van der Waals surface area contributed by atoms with Crippen molar-refractivity contribution < 1.29 is 28.2 Å². The van der Waals surface area contributed by atoms with E-state index in [1.165, 1.54) is 34.7 Å². The number of hydrogen-bond acceptors (Lipinski definition) is 6. The summed E-state index contributed by atoms with van der Waals surface area (Å²) in [5.41, 5.74) is 1.89. The zero-order chi connectivity index (χ0) is 29.6. The number of benzene rings is 3. The van der Waals surface area contributed by atoms with Gasteiger partial charge in [-0.25, -0.2) is 4.39 Å². The van der Waals surface area contributed by atoms with Gasteiger partial charge in [-0.1, -0.05) is 44.2 Å². The van der Waals surface area contributed by atoms with Crippen LogP contribution in [0.15, 0.2) is 72.8 Å². The van der Waals surface area contributed by atoms with Crippen molar-refractivity contribution in [1.29, 1.82) is 0 Å². The second-order valence-corrected chi connectivity index (χ2v) is 11.2. The van der Waals surface area contributed by atoms with Crippen molar-refractivity contribution in [1.82, 2.24) is 9.80 Å². The fraction of sp³-hybridized carbons (Fsp3) is 0.364. The predicted molar refractivity (Wildman–Crippen MR) is 157 cm³/mol. The molecule has 0 unspecified atom stereocenters. The Labute approximate surface area is 245 Å². The van der Waals surface area contributed by atoms with Crippen LogP contribution in [0.3, 0.4) is 0 Å². The summed E-state index contributed by atoms with van der Waals surface area (Å²) in [4.78, 5) is 43.5. The number of fused-ring (bicyclic) bond motifs is 1. The van der Waals surface area contributed by atoms with Crippen LogP contribution in [0.4, 0.5) is 10.1 Å². The fourth-order valence-electron chi connectivity index (χ4n) is 5.45. The molecule has 5 rings (SSSR count). The maximum atomic E-state index is 13.8. The Morgan fingerprint density at radius 1 is 0.976 bits per heavy atom. The van der Waals surface area contributed by atoms with Gasteiger partial charge in [0, 0.05) is 6.54 Å². The molecule has 0 radical (unpaired) electrons. The molecule has 2 aliphatic rings. The minimum Gasteiger partial charge on any atom is -0.463 e. The van der Waals surface area contributed by atoms with Gasteiger partial charge in [0.25, 0.3) is 5.91 Å². The maximum Gasteiger partial charge on any atom is 0.309 e. The van der Waals surface area contributed by atoms with Crippen LogP contribution in [-0.4, -0.2) is 59.9 Å². The zero-order valence-corrected chi connectivity index (χ0v) is 23.9. The summed E-state index contributed by atoms with van der Waals surface area (Å²) in [5.74, 6) is -0.836. The van der Waals surface area contributed by atoms with Crippen molar-refractivity contribution in [2.75, 3.05) is 31.6 Å². The summed E-state index contributed by atoms with van der Waals surface area (Å²) in [7, 11) is 0. The van der Waals surface area contributed by atoms with Crippen molar-refractivity contribution in [2.45, 2.75) is 39.3 Å². The van der Waals surface area contributed by atoms with Gasteiger partial charge in [-0.15, -0.1) is 0 Å². The van der Waals surface area contributed by atoms with E-state index in [0.717, 1.165) is 19.6 Å². The van der Waals surface area contributed by atoms with Crippen LogP contribution in [0, 0.1) is 17.7 Å². The Hall–Kier alpha value is -4.24. The molecule has 1 fully saturated rings. The number of hydrogen-bond donors (Lipinski definition) is 1. The first-order valence-electron chi connectivity index (χ1n) is 14.4. The van der Waals surface area contributed by atoms with Gasteiger partial charge in [-0.3, -0.25) is 19.3 Å². The highest BCUT2D eigenvalue weighted by Gasteiger charge is 2.35. The second-order valence-electron chi connectivity index (χ2n) is 11.2. The molecule has 1 N–H and O–H groups in total. The molecule has 42 heavy (non-hydrogen) atoms. The number of amides is 2. The quantitative estimate of drug-likeness (QED) is 0.341. The molecule has 1 atom stereocenters. The lowest BCUT2D eigenvalue weighted by molar-refractivity contribution is -0.152. The minimum absolute atomic E-state index is 0.000846. The van der Waals surface area contributed by atoms with Crippen LogP contribution in [0.5, 0.6) is 11.5 Å². The number of anilines is 1. The molecule has 3 aromatic rings. The van der Waals surface area contributed by atoms with Gasteiger partial charge in [0.05, 0.1) is 23.2 Å². The second kappa shape index (κ2) is 13.2. The molecule has 2 heterocycles. The maximum absolute atomic E-state index is 13.8. The third kappa shape index (κ3) is 7.15. The highest BCUT2D eigenvalue weighted by molar-refractivity contribution is 6.09. The molecule has 9 heteroatoms. The average molecular weight is 574 g/mol. The van der Waals surface area contributed by atoms with E-state index in [-0.39, 0.29) is 54.2 Å². The molecule has 0 bridgehead atoms. The van der Waals surface area contributed by atoms with Crippen LogP contribution >= 0.6 is 0 Å². The van der Waals surface area contributed by atoms with E-state index < -0.39 is 6.04 Å². The summed E-state index contributed by atoms with van der Waals surface area (Å²) in [6, 6.07) is 20.1. The number of nitrogens with zero attached hydrogens (tertiary/aromatic N) is 2. The van der Waals surface area contributed by atoms with E-state index in [2.05, 4.69) is 22.3 Å². The number of rotatable bonds is 9. The van der Waals surface area contributed by atoms with E-state index in [1.807, 2.05) is 32.0 Å². The molecular weight excluding hydrogens is 537 g/mol. The first-order chi connectivity index (χ1) is 20.3. The lowest BCUT2D eigenvalue weighted by Gasteiger charge is -2.34. The van der Waals surface area contributed by atoms with E-state index in [0.29, 0.717) is 30.0 Å². The number of carbonyl (C=O) groups excluding carboxylic acids is 3.